The van der Waals surface area contributed by atoms with Gasteiger partial charge in [0.15, 0.2) is 5.82 Å². The minimum atomic E-state index is 0.227. The van der Waals surface area contributed by atoms with E-state index in [9.17, 15) is 0 Å². The first-order valence-electron chi connectivity index (χ1n) is 9.49. The van der Waals surface area contributed by atoms with Crippen molar-refractivity contribution in [1.29, 1.82) is 0 Å². The van der Waals surface area contributed by atoms with E-state index in [-0.39, 0.29) is 6.10 Å². The van der Waals surface area contributed by atoms with E-state index >= 15 is 0 Å². The fraction of sp³-hybridized carbons (Fsp3) is 0.474. The third kappa shape index (κ3) is 4.80. The molecule has 1 atom stereocenters. The molecule has 4 rings (SSSR count). The van der Waals surface area contributed by atoms with Crippen LogP contribution >= 0.6 is 11.6 Å². The second-order valence-electron chi connectivity index (χ2n) is 6.82. The summed E-state index contributed by atoms with van der Waals surface area (Å²) in [5.74, 6) is 1.14. The van der Waals surface area contributed by atoms with Gasteiger partial charge in [0.2, 0.25) is 5.95 Å². The van der Waals surface area contributed by atoms with Gasteiger partial charge in [0.1, 0.15) is 5.02 Å². The van der Waals surface area contributed by atoms with Gasteiger partial charge < -0.3 is 25.6 Å². The molecule has 144 valence electrons. The maximum absolute atomic E-state index is 6.22. The van der Waals surface area contributed by atoms with Crippen LogP contribution in [-0.2, 0) is 4.74 Å². The van der Waals surface area contributed by atoms with Crippen molar-refractivity contribution < 1.29 is 4.74 Å². The Morgan fingerprint density at radius 1 is 1.22 bits per heavy atom. The summed E-state index contributed by atoms with van der Waals surface area (Å²) in [5, 5.41) is 10.4. The molecule has 2 aromatic rings. The number of aromatic nitrogens is 2. The normalized spacial score (nSPS) is 19.9. The van der Waals surface area contributed by atoms with Crippen LogP contribution in [0.5, 0.6) is 0 Å². The van der Waals surface area contributed by atoms with Gasteiger partial charge in [0.25, 0.3) is 0 Å². The lowest BCUT2D eigenvalue weighted by atomic mass is 10.2. The van der Waals surface area contributed by atoms with Crippen LogP contribution in [0.2, 0.25) is 5.02 Å². The molecular formula is C19H25ClN6O. The number of halogens is 1. The Morgan fingerprint density at radius 2 is 2.04 bits per heavy atom. The second-order valence-corrected chi connectivity index (χ2v) is 7.22. The van der Waals surface area contributed by atoms with Crippen molar-refractivity contribution in [2.24, 2.45) is 0 Å². The van der Waals surface area contributed by atoms with Crippen molar-refractivity contribution in [1.82, 2.24) is 15.3 Å². The highest BCUT2D eigenvalue weighted by atomic mass is 35.5. The molecule has 0 bridgehead atoms. The highest BCUT2D eigenvalue weighted by molar-refractivity contribution is 6.32. The largest absolute Gasteiger partial charge is 0.376 e. The SMILES string of the molecule is Clc1cnc(Nc2ccc(N3CCNCC3)cc2)nc1NCC1CCCO1. The number of nitrogens with zero attached hydrogens (tertiary/aromatic N) is 3. The van der Waals surface area contributed by atoms with Crippen molar-refractivity contribution in [3.8, 4) is 0 Å². The number of rotatable bonds is 6. The summed E-state index contributed by atoms with van der Waals surface area (Å²) in [5.41, 5.74) is 2.18. The van der Waals surface area contributed by atoms with E-state index in [0.717, 1.165) is 51.3 Å². The molecule has 0 radical (unpaired) electrons. The van der Waals surface area contributed by atoms with E-state index in [1.807, 2.05) is 0 Å². The van der Waals surface area contributed by atoms with E-state index in [1.54, 1.807) is 6.20 Å². The third-order valence-corrected chi connectivity index (χ3v) is 5.15. The van der Waals surface area contributed by atoms with Crippen LogP contribution in [0.4, 0.5) is 23.1 Å². The van der Waals surface area contributed by atoms with Gasteiger partial charge in [0.05, 0.1) is 12.3 Å². The van der Waals surface area contributed by atoms with Crippen molar-refractivity contribution in [3.63, 3.8) is 0 Å². The predicted molar refractivity (Wildman–Crippen MR) is 109 cm³/mol. The second kappa shape index (κ2) is 8.73. The Morgan fingerprint density at radius 3 is 2.78 bits per heavy atom. The minimum absolute atomic E-state index is 0.227. The van der Waals surface area contributed by atoms with Gasteiger partial charge in [-0.1, -0.05) is 11.6 Å². The quantitative estimate of drug-likeness (QED) is 0.702. The monoisotopic (exact) mass is 388 g/mol. The van der Waals surface area contributed by atoms with Crippen LogP contribution < -0.4 is 20.9 Å². The fourth-order valence-corrected chi connectivity index (χ4v) is 3.53. The molecular weight excluding hydrogens is 364 g/mol. The topological polar surface area (TPSA) is 74.3 Å². The molecule has 2 saturated heterocycles. The summed E-state index contributed by atoms with van der Waals surface area (Å²) in [6.07, 6.45) is 4.02. The van der Waals surface area contributed by atoms with Crippen molar-refractivity contribution in [3.05, 3.63) is 35.5 Å². The van der Waals surface area contributed by atoms with Gasteiger partial charge >= 0.3 is 0 Å². The zero-order valence-corrected chi connectivity index (χ0v) is 16.0. The summed E-state index contributed by atoms with van der Waals surface area (Å²) in [6, 6.07) is 8.35. The first kappa shape index (κ1) is 18.3. The molecule has 1 unspecified atom stereocenters. The molecule has 0 spiro atoms. The first-order chi connectivity index (χ1) is 13.3. The lowest BCUT2D eigenvalue weighted by Crippen LogP contribution is -2.43. The van der Waals surface area contributed by atoms with Gasteiger partial charge in [-0.3, -0.25) is 0 Å². The third-order valence-electron chi connectivity index (χ3n) is 4.87. The zero-order valence-electron chi connectivity index (χ0n) is 15.2. The van der Waals surface area contributed by atoms with E-state index < -0.39 is 0 Å². The maximum Gasteiger partial charge on any atom is 0.229 e. The molecule has 3 heterocycles. The molecule has 2 fully saturated rings. The lowest BCUT2D eigenvalue weighted by molar-refractivity contribution is 0.120. The average Bonchev–Trinajstić information content (AvgIpc) is 3.23. The molecule has 1 aromatic heterocycles. The maximum atomic E-state index is 6.22. The Labute approximate surface area is 164 Å². The number of benzene rings is 1. The Hall–Kier alpha value is -2.09. The average molecular weight is 389 g/mol. The molecule has 0 aliphatic carbocycles. The predicted octanol–water partition coefficient (Wildman–Crippen LogP) is 2.87. The number of nitrogens with one attached hydrogen (secondary N) is 3. The van der Waals surface area contributed by atoms with Crippen molar-refractivity contribution >= 4 is 34.7 Å². The van der Waals surface area contributed by atoms with Crippen LogP contribution in [0.25, 0.3) is 0 Å². The fourth-order valence-electron chi connectivity index (χ4n) is 3.37. The number of ether oxygens (including phenoxy) is 1. The van der Waals surface area contributed by atoms with Crippen LogP contribution in [0.3, 0.4) is 0 Å². The van der Waals surface area contributed by atoms with E-state index in [1.165, 1.54) is 5.69 Å². The number of hydrogen-bond donors (Lipinski definition) is 3. The van der Waals surface area contributed by atoms with Crippen molar-refractivity contribution in [2.45, 2.75) is 18.9 Å². The minimum Gasteiger partial charge on any atom is -0.376 e. The first-order valence-corrected chi connectivity index (χ1v) is 9.86. The van der Waals surface area contributed by atoms with Crippen LogP contribution in [-0.4, -0.2) is 55.4 Å². The summed E-state index contributed by atoms with van der Waals surface area (Å²) >= 11 is 6.22. The molecule has 27 heavy (non-hydrogen) atoms. The Balaban J connectivity index is 1.38. The number of anilines is 4. The highest BCUT2D eigenvalue weighted by Crippen LogP contribution is 2.24. The zero-order chi connectivity index (χ0) is 18.5. The Bertz CT molecular complexity index is 744. The van der Waals surface area contributed by atoms with E-state index in [4.69, 9.17) is 16.3 Å². The molecule has 3 N–H and O–H groups in total. The summed E-state index contributed by atoms with van der Waals surface area (Å²) < 4.78 is 5.63. The smallest absolute Gasteiger partial charge is 0.229 e. The number of piperazine rings is 1. The summed E-state index contributed by atoms with van der Waals surface area (Å²) in [7, 11) is 0. The van der Waals surface area contributed by atoms with Crippen LogP contribution in [0.15, 0.2) is 30.5 Å². The van der Waals surface area contributed by atoms with Crippen LogP contribution in [0, 0.1) is 0 Å². The molecule has 0 amide bonds. The standard InChI is InChI=1S/C19H25ClN6O/c20-17-13-23-19(25-18(17)22-12-16-2-1-11-27-16)24-14-3-5-15(6-4-14)26-9-7-21-8-10-26/h3-6,13,16,21H,1-2,7-12H2,(H2,22,23,24,25). The van der Waals surface area contributed by atoms with Crippen molar-refractivity contribution in [2.75, 3.05) is 54.9 Å². The van der Waals surface area contributed by atoms with E-state index in [0.29, 0.717) is 23.3 Å². The Kier molecular flexibility index (Phi) is 5.91. The number of hydrogen-bond acceptors (Lipinski definition) is 7. The van der Waals surface area contributed by atoms with Crippen LogP contribution in [0.1, 0.15) is 12.8 Å². The van der Waals surface area contributed by atoms with Gasteiger partial charge in [-0.05, 0) is 37.1 Å². The van der Waals surface area contributed by atoms with Gasteiger partial charge in [-0.25, -0.2) is 4.98 Å². The van der Waals surface area contributed by atoms with Gasteiger partial charge in [-0.2, -0.15) is 4.98 Å². The summed E-state index contributed by atoms with van der Waals surface area (Å²) in [6.45, 7) is 5.66. The molecule has 2 aliphatic rings. The van der Waals surface area contributed by atoms with Gasteiger partial charge in [-0.15, -0.1) is 0 Å². The molecule has 2 aliphatic heterocycles. The summed E-state index contributed by atoms with van der Waals surface area (Å²) in [4.78, 5) is 11.2. The molecule has 8 heteroatoms. The molecule has 0 saturated carbocycles. The van der Waals surface area contributed by atoms with E-state index in [2.05, 4.69) is 55.1 Å². The molecule has 7 nitrogen and oxygen atoms in total. The van der Waals surface area contributed by atoms with Gasteiger partial charge in [0, 0.05) is 50.7 Å². The lowest BCUT2D eigenvalue weighted by Gasteiger charge is -2.29. The highest BCUT2D eigenvalue weighted by Gasteiger charge is 2.16. The molecule has 1 aromatic carbocycles.